The Labute approximate surface area is 76.2 Å². The van der Waals surface area contributed by atoms with Crippen LogP contribution in [-0.4, -0.2) is 20.2 Å². The molecule has 0 spiro atoms. The van der Waals surface area contributed by atoms with Gasteiger partial charge in [-0.05, 0) is 10.8 Å². The largest absolute Gasteiger partial charge is 0.179 e. The van der Waals surface area contributed by atoms with E-state index in [9.17, 15) is 0 Å². The molecule has 66 valence electrons. The van der Waals surface area contributed by atoms with Crippen LogP contribution >= 0.6 is 0 Å². The summed E-state index contributed by atoms with van der Waals surface area (Å²) < 4.78 is 0. The molecule has 0 aliphatic carbocycles. The number of aryl methyl sites for hydroxylation is 1. The maximum Gasteiger partial charge on any atom is 0.179 e. The van der Waals surface area contributed by atoms with Crippen LogP contribution in [0.2, 0.25) is 0 Å². The van der Waals surface area contributed by atoms with Crippen molar-refractivity contribution >= 4 is 0 Å². The first kappa shape index (κ1) is 7.91. The zero-order valence-electron chi connectivity index (χ0n) is 7.38. The van der Waals surface area contributed by atoms with Gasteiger partial charge in [0.2, 0.25) is 0 Å². The molecule has 0 bridgehead atoms. The average Bonchev–Trinajstić information content (AvgIpc) is 2.53. The van der Waals surface area contributed by atoms with E-state index in [1.54, 1.807) is 7.05 Å². The molecular formula is C9H10N4. The van der Waals surface area contributed by atoms with Gasteiger partial charge in [-0.2, -0.15) is 4.80 Å². The molecule has 0 fully saturated rings. The Bertz CT molecular complexity index is 380. The smallest absolute Gasteiger partial charge is 0.167 e. The second kappa shape index (κ2) is 3.35. The molecule has 1 heterocycles. The van der Waals surface area contributed by atoms with Crippen molar-refractivity contribution < 1.29 is 0 Å². The molecule has 4 heteroatoms. The summed E-state index contributed by atoms with van der Waals surface area (Å²) in [6, 6.07) is 10.1. The highest BCUT2D eigenvalue weighted by molar-refractivity contribution is 5.17. The van der Waals surface area contributed by atoms with E-state index in [1.807, 2.05) is 18.2 Å². The summed E-state index contributed by atoms with van der Waals surface area (Å²) in [7, 11) is 1.77. The van der Waals surface area contributed by atoms with Gasteiger partial charge in [-0.1, -0.05) is 30.3 Å². The quantitative estimate of drug-likeness (QED) is 0.676. The van der Waals surface area contributed by atoms with E-state index in [4.69, 9.17) is 0 Å². The van der Waals surface area contributed by atoms with Crippen molar-refractivity contribution in [2.24, 2.45) is 7.05 Å². The lowest BCUT2D eigenvalue weighted by Gasteiger charge is -1.93. The molecule has 4 nitrogen and oxygen atoms in total. The van der Waals surface area contributed by atoms with E-state index in [1.165, 1.54) is 10.4 Å². The third-order valence-electron chi connectivity index (χ3n) is 1.75. The van der Waals surface area contributed by atoms with Crippen molar-refractivity contribution in [2.75, 3.05) is 0 Å². The van der Waals surface area contributed by atoms with Gasteiger partial charge in [-0.3, -0.25) is 0 Å². The zero-order chi connectivity index (χ0) is 9.10. The molecule has 0 unspecified atom stereocenters. The molecule has 0 N–H and O–H groups in total. The predicted octanol–water partition coefficient (Wildman–Crippen LogP) is 0.801. The van der Waals surface area contributed by atoms with Crippen LogP contribution in [0.4, 0.5) is 0 Å². The fourth-order valence-corrected chi connectivity index (χ4v) is 1.17. The zero-order valence-corrected chi connectivity index (χ0v) is 7.38. The van der Waals surface area contributed by atoms with Crippen LogP contribution in [-0.2, 0) is 13.5 Å². The molecule has 1 aromatic carbocycles. The molecular weight excluding hydrogens is 164 g/mol. The summed E-state index contributed by atoms with van der Waals surface area (Å²) in [4.78, 5) is 1.47. The highest BCUT2D eigenvalue weighted by atomic mass is 15.6. The average molecular weight is 174 g/mol. The molecule has 0 radical (unpaired) electrons. The maximum atomic E-state index is 4.10. The summed E-state index contributed by atoms with van der Waals surface area (Å²) in [6.07, 6.45) is 0.745. The van der Waals surface area contributed by atoms with Crippen LogP contribution in [0, 0.1) is 0 Å². The van der Waals surface area contributed by atoms with E-state index in [-0.39, 0.29) is 0 Å². The van der Waals surface area contributed by atoms with Gasteiger partial charge in [0.25, 0.3) is 0 Å². The molecule has 0 saturated carbocycles. The lowest BCUT2D eigenvalue weighted by molar-refractivity contribution is 0.628. The first-order chi connectivity index (χ1) is 6.34. The summed E-state index contributed by atoms with van der Waals surface area (Å²) in [6.45, 7) is 0. The van der Waals surface area contributed by atoms with Crippen molar-refractivity contribution in [1.29, 1.82) is 0 Å². The standard InChI is InChI=1S/C9H10N4/c1-13-11-9(10-12-13)7-8-5-3-2-4-6-8/h2-6H,7H2,1H3. The topological polar surface area (TPSA) is 43.6 Å². The molecule has 0 atom stereocenters. The number of hydrogen-bond donors (Lipinski definition) is 0. The lowest BCUT2D eigenvalue weighted by atomic mass is 10.1. The van der Waals surface area contributed by atoms with Gasteiger partial charge in [0.05, 0.1) is 7.05 Å². The van der Waals surface area contributed by atoms with Crippen LogP contribution in [0.1, 0.15) is 11.4 Å². The Kier molecular flexibility index (Phi) is 2.04. The van der Waals surface area contributed by atoms with Crippen molar-refractivity contribution in [2.45, 2.75) is 6.42 Å². The van der Waals surface area contributed by atoms with Crippen LogP contribution in [0.25, 0.3) is 0 Å². The SMILES string of the molecule is Cn1nnc(Cc2ccccc2)n1. The molecule has 1 aromatic heterocycles. The van der Waals surface area contributed by atoms with Crippen LogP contribution in [0.3, 0.4) is 0 Å². The molecule has 0 aliphatic heterocycles. The summed E-state index contributed by atoms with van der Waals surface area (Å²) in [5, 5.41) is 11.8. The van der Waals surface area contributed by atoms with E-state index < -0.39 is 0 Å². The van der Waals surface area contributed by atoms with Crippen molar-refractivity contribution in [3.63, 3.8) is 0 Å². The number of nitrogens with zero attached hydrogens (tertiary/aromatic N) is 4. The lowest BCUT2D eigenvalue weighted by Crippen LogP contribution is -1.94. The van der Waals surface area contributed by atoms with Crippen molar-refractivity contribution in [1.82, 2.24) is 20.2 Å². The van der Waals surface area contributed by atoms with Gasteiger partial charge >= 0.3 is 0 Å². The molecule has 0 aliphatic rings. The third kappa shape index (κ3) is 1.90. The molecule has 0 amide bonds. The Balaban J connectivity index is 2.15. The number of benzene rings is 1. The summed E-state index contributed by atoms with van der Waals surface area (Å²) >= 11 is 0. The number of hydrogen-bond acceptors (Lipinski definition) is 3. The second-order valence-corrected chi connectivity index (χ2v) is 2.86. The first-order valence-electron chi connectivity index (χ1n) is 4.11. The van der Waals surface area contributed by atoms with Gasteiger partial charge in [-0.15, -0.1) is 10.2 Å². The molecule has 2 rings (SSSR count). The van der Waals surface area contributed by atoms with Gasteiger partial charge in [-0.25, -0.2) is 0 Å². The minimum Gasteiger partial charge on any atom is -0.167 e. The Morgan fingerprint density at radius 1 is 1.23 bits per heavy atom. The Hall–Kier alpha value is -1.71. The second-order valence-electron chi connectivity index (χ2n) is 2.86. The van der Waals surface area contributed by atoms with Crippen LogP contribution < -0.4 is 0 Å². The fourth-order valence-electron chi connectivity index (χ4n) is 1.17. The van der Waals surface area contributed by atoms with E-state index >= 15 is 0 Å². The van der Waals surface area contributed by atoms with Crippen LogP contribution in [0.15, 0.2) is 30.3 Å². The molecule has 13 heavy (non-hydrogen) atoms. The maximum absolute atomic E-state index is 4.10. The van der Waals surface area contributed by atoms with Crippen molar-refractivity contribution in [3.8, 4) is 0 Å². The molecule has 2 aromatic rings. The van der Waals surface area contributed by atoms with Gasteiger partial charge in [0, 0.05) is 6.42 Å². The van der Waals surface area contributed by atoms with Gasteiger partial charge in [0.1, 0.15) is 0 Å². The number of aromatic nitrogens is 4. The minimum atomic E-state index is 0.745. The predicted molar refractivity (Wildman–Crippen MR) is 48.0 cm³/mol. The number of tetrazole rings is 1. The number of rotatable bonds is 2. The normalized spacial score (nSPS) is 10.2. The monoisotopic (exact) mass is 174 g/mol. The highest BCUT2D eigenvalue weighted by Gasteiger charge is 2.00. The Morgan fingerprint density at radius 3 is 2.62 bits per heavy atom. The van der Waals surface area contributed by atoms with Crippen molar-refractivity contribution in [3.05, 3.63) is 41.7 Å². The first-order valence-corrected chi connectivity index (χ1v) is 4.11. The summed E-state index contributed by atoms with van der Waals surface area (Å²) in [5.41, 5.74) is 1.20. The van der Waals surface area contributed by atoms with E-state index in [2.05, 4.69) is 27.5 Å². The van der Waals surface area contributed by atoms with E-state index in [0.717, 1.165) is 12.2 Å². The third-order valence-corrected chi connectivity index (χ3v) is 1.75. The van der Waals surface area contributed by atoms with E-state index in [0.29, 0.717) is 0 Å². The fraction of sp³-hybridized carbons (Fsp3) is 0.222. The minimum absolute atomic E-state index is 0.745. The summed E-state index contributed by atoms with van der Waals surface area (Å²) in [5.74, 6) is 0.758. The molecule has 0 saturated heterocycles. The Morgan fingerprint density at radius 2 is 2.00 bits per heavy atom. The van der Waals surface area contributed by atoms with Gasteiger partial charge < -0.3 is 0 Å². The van der Waals surface area contributed by atoms with Gasteiger partial charge in [0.15, 0.2) is 5.82 Å². The van der Waals surface area contributed by atoms with Crippen LogP contribution in [0.5, 0.6) is 0 Å². The highest BCUT2D eigenvalue weighted by Crippen LogP contribution is 2.02.